The molecule has 0 bridgehead atoms. The van der Waals surface area contributed by atoms with Crippen LogP contribution in [0.25, 0.3) is 10.8 Å². The van der Waals surface area contributed by atoms with E-state index in [0.717, 1.165) is 10.8 Å². The Kier molecular flexibility index (Phi) is 8.61. The van der Waals surface area contributed by atoms with E-state index in [0.29, 0.717) is 24.1 Å². The van der Waals surface area contributed by atoms with Crippen LogP contribution in [0.5, 0.6) is 0 Å². The van der Waals surface area contributed by atoms with Crippen LogP contribution in [0.4, 0.5) is 5.69 Å². The number of allylic oxidation sites excluding steroid dienone is 1. The fraction of sp³-hybridized carbons (Fsp3) is 0.368. The average molecular weight is 650 g/mol. The van der Waals surface area contributed by atoms with E-state index in [1.807, 2.05) is 85.8 Å². The summed E-state index contributed by atoms with van der Waals surface area (Å²) in [5.74, 6) is -3.79. The van der Waals surface area contributed by atoms with Gasteiger partial charge in [-0.3, -0.25) is 19.2 Å². The molecule has 4 heterocycles. The maximum absolute atomic E-state index is 14.8. The van der Waals surface area contributed by atoms with Crippen LogP contribution in [0.3, 0.4) is 0 Å². The predicted molar refractivity (Wildman–Crippen MR) is 178 cm³/mol. The number of nitrogens with one attached hydrogen (secondary N) is 1. The second-order valence-electron chi connectivity index (χ2n) is 12.8. The number of hydrogen-bond acceptors (Lipinski definition) is 7. The molecule has 2 fully saturated rings. The Morgan fingerprint density at radius 3 is 2.50 bits per heavy atom. The monoisotopic (exact) mass is 649 g/mol. The number of esters is 1. The van der Waals surface area contributed by atoms with Crippen LogP contribution in [-0.4, -0.2) is 77.2 Å². The second kappa shape index (κ2) is 13.0. The number of aliphatic hydroxyl groups is 1. The number of carbonyl (C=O) groups excluding carboxylic acids is 4. The molecule has 7 rings (SSSR count). The molecule has 10 nitrogen and oxygen atoms in total. The van der Waals surface area contributed by atoms with Crippen molar-refractivity contribution >= 4 is 40.2 Å². The minimum absolute atomic E-state index is 0.0661. The minimum atomic E-state index is -1.50. The highest BCUT2D eigenvalue weighted by Gasteiger charge is 2.72. The molecule has 4 aliphatic rings. The Morgan fingerprint density at radius 1 is 0.958 bits per heavy atom. The Bertz CT molecular complexity index is 1790. The zero-order valence-electron chi connectivity index (χ0n) is 26.7. The van der Waals surface area contributed by atoms with Crippen LogP contribution in [0.2, 0.25) is 0 Å². The smallest absolute Gasteiger partial charge is 0.313 e. The largest absolute Gasteiger partial charge is 0.455 e. The second-order valence-corrected chi connectivity index (χ2v) is 12.8. The van der Waals surface area contributed by atoms with Crippen molar-refractivity contribution in [1.29, 1.82) is 0 Å². The van der Waals surface area contributed by atoms with E-state index in [1.165, 1.54) is 4.90 Å². The number of ether oxygens (including phenoxy) is 2. The molecule has 48 heavy (non-hydrogen) atoms. The number of fused-ring (bicyclic) bond motifs is 3. The number of likely N-dealkylation sites (tertiary alicyclic amines) is 1. The van der Waals surface area contributed by atoms with Gasteiger partial charge in [0, 0.05) is 18.7 Å². The highest BCUT2D eigenvalue weighted by molar-refractivity contribution is 6.06. The number of hydrogen-bond donors (Lipinski definition) is 2. The molecular formula is C38H39N3O7. The van der Waals surface area contributed by atoms with E-state index in [1.54, 1.807) is 23.1 Å². The number of benzene rings is 3. The average Bonchev–Trinajstić information content (AvgIpc) is 3.49. The normalized spacial score (nSPS) is 30.3. The Morgan fingerprint density at radius 2 is 1.73 bits per heavy atom. The van der Waals surface area contributed by atoms with Crippen molar-refractivity contribution in [3.05, 3.63) is 103 Å². The van der Waals surface area contributed by atoms with Crippen molar-refractivity contribution in [3.63, 3.8) is 0 Å². The van der Waals surface area contributed by atoms with Gasteiger partial charge in [0.2, 0.25) is 11.8 Å². The molecular weight excluding hydrogens is 610 g/mol. The molecule has 3 amide bonds. The lowest BCUT2D eigenvalue weighted by Gasteiger charge is -2.38. The van der Waals surface area contributed by atoms with Crippen LogP contribution in [-0.2, 0) is 28.7 Å². The van der Waals surface area contributed by atoms with Gasteiger partial charge in [0.1, 0.15) is 23.7 Å². The van der Waals surface area contributed by atoms with E-state index >= 15 is 0 Å². The molecule has 3 aromatic rings. The topological polar surface area (TPSA) is 125 Å². The maximum Gasteiger partial charge on any atom is 0.313 e. The van der Waals surface area contributed by atoms with E-state index in [2.05, 4.69) is 5.32 Å². The molecule has 2 saturated heterocycles. The third kappa shape index (κ3) is 5.38. The number of aliphatic hydroxyl groups excluding tert-OH is 1. The molecule has 0 aliphatic carbocycles. The third-order valence-corrected chi connectivity index (χ3v) is 10.1. The summed E-state index contributed by atoms with van der Waals surface area (Å²) < 4.78 is 12.9. The molecule has 248 valence electrons. The molecule has 4 aliphatic heterocycles. The highest BCUT2D eigenvalue weighted by atomic mass is 16.6. The first-order chi connectivity index (χ1) is 23.4. The number of cyclic esters (lactones) is 1. The predicted octanol–water partition coefficient (Wildman–Crippen LogP) is 3.85. The minimum Gasteiger partial charge on any atom is -0.455 e. The van der Waals surface area contributed by atoms with Crippen molar-refractivity contribution in [2.75, 3.05) is 24.6 Å². The standard InChI is InChI=1S/C38H39N3O7/c1-2-27(23-42)41-34-36(45)40(28-18-17-24-11-6-7-14-26(24)21-28)20-10-19-38(34)33(35(41)44)32-29(48-38)15-8-9-16-31(43)39-22-30(47-37(32)46)25-12-4-3-5-13-25/h3-8,10-15,17-19,21,27,29-30,32-34,42H,2,9,16,20,22-23H2,1H3,(H,39,43)/b15-8-/t27-,29-,30+,32+,33+,34-,38+/m0/s1. The summed E-state index contributed by atoms with van der Waals surface area (Å²) in [6.45, 7) is 1.78. The molecule has 0 radical (unpaired) electrons. The summed E-state index contributed by atoms with van der Waals surface area (Å²) in [6.07, 6.45) is 6.41. The van der Waals surface area contributed by atoms with Crippen molar-refractivity contribution in [2.45, 2.75) is 56.1 Å². The molecule has 7 atom stereocenters. The number of rotatable bonds is 5. The molecule has 0 unspecified atom stereocenters. The summed E-state index contributed by atoms with van der Waals surface area (Å²) in [6, 6.07) is 21.0. The van der Waals surface area contributed by atoms with Crippen molar-refractivity contribution in [3.8, 4) is 0 Å². The highest BCUT2D eigenvalue weighted by Crippen LogP contribution is 2.54. The fourth-order valence-corrected chi connectivity index (χ4v) is 7.73. The van der Waals surface area contributed by atoms with Crippen LogP contribution < -0.4 is 10.2 Å². The first kappa shape index (κ1) is 31.8. The summed E-state index contributed by atoms with van der Waals surface area (Å²) in [5.41, 5.74) is -0.139. The van der Waals surface area contributed by atoms with E-state index < -0.39 is 53.6 Å². The van der Waals surface area contributed by atoms with Gasteiger partial charge in [-0.25, -0.2) is 0 Å². The van der Waals surface area contributed by atoms with E-state index in [4.69, 9.17) is 9.47 Å². The van der Waals surface area contributed by atoms with Crippen molar-refractivity contribution < 1.29 is 33.8 Å². The summed E-state index contributed by atoms with van der Waals surface area (Å²) in [5, 5.41) is 15.3. The van der Waals surface area contributed by atoms with Crippen LogP contribution >= 0.6 is 0 Å². The van der Waals surface area contributed by atoms with Gasteiger partial charge in [-0.2, -0.15) is 0 Å². The SMILES string of the molecule is CC[C@@H](CO)N1C(=O)[C@H]2[C@@H]3C(=O)O[C@@H](c4ccccc4)CNC(=O)CC/C=C\[C@@H]3O[C@]23C=CCN(c2ccc4ccccc4c2)C(=O)[C@H]13. The first-order valence-electron chi connectivity index (χ1n) is 16.6. The van der Waals surface area contributed by atoms with Gasteiger partial charge in [-0.15, -0.1) is 0 Å². The van der Waals surface area contributed by atoms with Crippen molar-refractivity contribution in [1.82, 2.24) is 10.2 Å². The number of amides is 3. The van der Waals surface area contributed by atoms with Crippen LogP contribution in [0.1, 0.15) is 37.9 Å². The lowest BCUT2D eigenvalue weighted by atomic mass is 9.77. The lowest BCUT2D eigenvalue weighted by molar-refractivity contribution is -0.160. The molecule has 3 aromatic carbocycles. The van der Waals surface area contributed by atoms with Gasteiger partial charge < -0.3 is 29.7 Å². The van der Waals surface area contributed by atoms with Gasteiger partial charge in [0.25, 0.3) is 5.91 Å². The van der Waals surface area contributed by atoms with Crippen LogP contribution in [0, 0.1) is 11.8 Å². The molecule has 10 heteroatoms. The maximum atomic E-state index is 14.8. The van der Waals surface area contributed by atoms with Crippen LogP contribution in [0.15, 0.2) is 97.1 Å². The Hall–Kier alpha value is -4.80. The number of carbonyl (C=O) groups is 4. The Labute approximate surface area is 279 Å². The van der Waals surface area contributed by atoms with Gasteiger partial charge in [0.15, 0.2) is 0 Å². The van der Waals surface area contributed by atoms with Crippen molar-refractivity contribution in [2.24, 2.45) is 11.8 Å². The molecule has 1 spiro atoms. The summed E-state index contributed by atoms with van der Waals surface area (Å²) >= 11 is 0. The summed E-state index contributed by atoms with van der Waals surface area (Å²) in [4.78, 5) is 59.6. The fourth-order valence-electron chi connectivity index (χ4n) is 7.73. The van der Waals surface area contributed by atoms with Gasteiger partial charge in [0.05, 0.1) is 31.2 Å². The quantitative estimate of drug-likeness (QED) is 0.318. The first-order valence-corrected chi connectivity index (χ1v) is 16.6. The van der Waals surface area contributed by atoms with Gasteiger partial charge >= 0.3 is 5.97 Å². The molecule has 2 N–H and O–H groups in total. The van der Waals surface area contributed by atoms with Gasteiger partial charge in [-0.05, 0) is 41.3 Å². The number of anilines is 1. The Balaban J connectivity index is 1.32. The zero-order valence-corrected chi connectivity index (χ0v) is 26.7. The molecule has 0 aromatic heterocycles. The molecule has 0 saturated carbocycles. The lowest BCUT2D eigenvalue weighted by Crippen LogP contribution is -2.58. The summed E-state index contributed by atoms with van der Waals surface area (Å²) in [7, 11) is 0. The van der Waals surface area contributed by atoms with E-state index in [-0.39, 0.29) is 37.9 Å². The number of nitrogens with zero attached hydrogens (tertiary/aromatic N) is 2. The van der Waals surface area contributed by atoms with E-state index in [9.17, 15) is 24.3 Å². The van der Waals surface area contributed by atoms with Gasteiger partial charge in [-0.1, -0.05) is 91.9 Å². The zero-order chi connectivity index (χ0) is 33.4. The third-order valence-electron chi connectivity index (χ3n) is 10.1.